The van der Waals surface area contributed by atoms with Crippen LogP contribution < -0.4 is 11.5 Å². The average molecular weight is 540 g/mol. The molecule has 1 amide bonds. The maximum Gasteiger partial charge on any atom is 0.260 e. The SMILES string of the molecule is N/C=C\C(=C/N)CN1CCC(F)(C(=O)N2CCC(n3c(-c4ccccn4)nc4cc(F)c(F)cc43)CC2)CC1. The summed E-state index contributed by atoms with van der Waals surface area (Å²) in [6, 6.07) is 7.49. The summed E-state index contributed by atoms with van der Waals surface area (Å²) < 4.78 is 45.9. The fourth-order valence-corrected chi connectivity index (χ4v) is 5.57. The Morgan fingerprint density at radius 3 is 2.44 bits per heavy atom. The molecule has 8 nitrogen and oxygen atoms in total. The smallest absolute Gasteiger partial charge is 0.260 e. The molecule has 0 spiro atoms. The second-order valence-electron chi connectivity index (χ2n) is 10.1. The van der Waals surface area contributed by atoms with E-state index in [4.69, 9.17) is 11.5 Å². The predicted molar refractivity (Wildman–Crippen MR) is 143 cm³/mol. The number of rotatable bonds is 6. The van der Waals surface area contributed by atoms with Crippen molar-refractivity contribution in [2.24, 2.45) is 11.5 Å². The lowest BCUT2D eigenvalue weighted by atomic mass is 9.90. The lowest BCUT2D eigenvalue weighted by Gasteiger charge is -2.40. The van der Waals surface area contributed by atoms with Gasteiger partial charge in [-0.3, -0.25) is 14.7 Å². The van der Waals surface area contributed by atoms with E-state index in [1.807, 2.05) is 10.6 Å². The highest BCUT2D eigenvalue weighted by Gasteiger charge is 2.45. The number of nitrogens with zero attached hydrogens (tertiary/aromatic N) is 5. The molecule has 11 heteroatoms. The Bertz CT molecular complexity index is 1390. The molecule has 1 aromatic carbocycles. The third-order valence-corrected chi connectivity index (χ3v) is 7.70. The largest absolute Gasteiger partial charge is 0.405 e. The van der Waals surface area contributed by atoms with Crippen LogP contribution in [0.1, 0.15) is 31.7 Å². The summed E-state index contributed by atoms with van der Waals surface area (Å²) in [4.78, 5) is 25.9. The van der Waals surface area contributed by atoms with Crippen molar-refractivity contribution in [3.05, 3.63) is 72.2 Å². The number of aromatic nitrogens is 3. The number of amides is 1. The number of likely N-dealkylation sites (tertiary alicyclic amines) is 2. The molecular weight excluding hydrogens is 507 g/mol. The van der Waals surface area contributed by atoms with E-state index in [-0.39, 0.29) is 18.9 Å². The van der Waals surface area contributed by atoms with E-state index in [0.717, 1.165) is 17.7 Å². The molecule has 2 saturated heterocycles. The third-order valence-electron chi connectivity index (χ3n) is 7.70. The molecule has 2 aromatic heterocycles. The molecule has 0 bridgehead atoms. The van der Waals surface area contributed by atoms with Crippen LogP contribution in [-0.4, -0.2) is 68.6 Å². The monoisotopic (exact) mass is 539 g/mol. The first kappa shape index (κ1) is 26.7. The highest BCUT2D eigenvalue weighted by atomic mass is 19.2. The van der Waals surface area contributed by atoms with Gasteiger partial charge in [0.1, 0.15) is 5.69 Å². The molecule has 4 N–H and O–H groups in total. The number of pyridine rings is 1. The minimum atomic E-state index is -1.92. The Labute approximate surface area is 224 Å². The normalized spacial score (nSPS) is 19.3. The van der Waals surface area contributed by atoms with E-state index in [1.165, 1.54) is 12.4 Å². The van der Waals surface area contributed by atoms with Gasteiger partial charge in [-0.25, -0.2) is 18.2 Å². The molecule has 2 fully saturated rings. The van der Waals surface area contributed by atoms with Crippen molar-refractivity contribution in [3.63, 3.8) is 0 Å². The Hall–Kier alpha value is -3.86. The standard InChI is InChI=1S/C28H32F3N7O/c29-21-15-24-25(16-22(21)30)38(26(35-24)23-3-1-2-10-34-23)20-5-11-37(12-6-20)27(39)28(31)7-13-36(14-8-28)18-19(17-33)4-9-32/h1-4,9-10,15-17,20H,5-8,11-14,18,32-33H2/b9-4-,19-17+. The number of fused-ring (bicyclic) bond motifs is 1. The van der Waals surface area contributed by atoms with Crippen molar-refractivity contribution in [2.45, 2.75) is 37.4 Å². The number of benzene rings is 1. The molecule has 206 valence electrons. The van der Waals surface area contributed by atoms with Crippen molar-refractivity contribution < 1.29 is 18.0 Å². The van der Waals surface area contributed by atoms with E-state index >= 15 is 4.39 Å². The van der Waals surface area contributed by atoms with Crippen LogP contribution in [0.5, 0.6) is 0 Å². The molecule has 0 atom stereocenters. The van der Waals surface area contributed by atoms with Gasteiger partial charge in [0, 0.05) is 69.9 Å². The molecule has 3 aromatic rings. The summed E-state index contributed by atoms with van der Waals surface area (Å²) in [6.07, 6.45) is 7.49. The molecule has 0 radical (unpaired) electrons. The van der Waals surface area contributed by atoms with Crippen LogP contribution in [0.2, 0.25) is 0 Å². The van der Waals surface area contributed by atoms with Gasteiger partial charge in [-0.05, 0) is 49.0 Å². The maximum atomic E-state index is 15.8. The Balaban J connectivity index is 1.29. The van der Waals surface area contributed by atoms with Crippen molar-refractivity contribution in [1.82, 2.24) is 24.3 Å². The minimum absolute atomic E-state index is 0.108. The first-order valence-corrected chi connectivity index (χ1v) is 13.1. The van der Waals surface area contributed by atoms with Crippen molar-refractivity contribution >= 4 is 16.9 Å². The summed E-state index contributed by atoms with van der Waals surface area (Å²) in [6.45, 7) is 2.12. The quantitative estimate of drug-likeness (QED) is 0.463. The molecule has 5 rings (SSSR count). The summed E-state index contributed by atoms with van der Waals surface area (Å²) in [5, 5.41) is 0. The Morgan fingerprint density at radius 1 is 1.08 bits per heavy atom. The highest BCUT2D eigenvalue weighted by Crippen LogP contribution is 2.36. The summed E-state index contributed by atoms with van der Waals surface area (Å²) in [7, 11) is 0. The van der Waals surface area contributed by atoms with Gasteiger partial charge >= 0.3 is 0 Å². The van der Waals surface area contributed by atoms with Crippen molar-refractivity contribution in [1.29, 1.82) is 0 Å². The van der Waals surface area contributed by atoms with Crippen LogP contribution >= 0.6 is 0 Å². The van der Waals surface area contributed by atoms with Crippen LogP contribution in [0.15, 0.2) is 60.6 Å². The minimum Gasteiger partial charge on any atom is -0.405 e. The molecule has 39 heavy (non-hydrogen) atoms. The number of halogens is 3. The summed E-state index contributed by atoms with van der Waals surface area (Å²) in [5.74, 6) is -1.90. The Kier molecular flexibility index (Phi) is 7.60. The van der Waals surface area contributed by atoms with Gasteiger partial charge < -0.3 is 20.9 Å². The first-order valence-electron chi connectivity index (χ1n) is 13.1. The van der Waals surface area contributed by atoms with Crippen LogP contribution in [0.4, 0.5) is 13.2 Å². The number of piperidine rings is 2. The number of carbonyl (C=O) groups is 1. The molecule has 2 aliphatic rings. The summed E-state index contributed by atoms with van der Waals surface area (Å²) in [5.41, 5.74) is 11.4. The van der Waals surface area contributed by atoms with Crippen LogP contribution in [0.3, 0.4) is 0 Å². The van der Waals surface area contributed by atoms with E-state index in [0.29, 0.717) is 68.1 Å². The molecule has 0 saturated carbocycles. The summed E-state index contributed by atoms with van der Waals surface area (Å²) >= 11 is 0. The predicted octanol–water partition coefficient (Wildman–Crippen LogP) is 3.66. The van der Waals surface area contributed by atoms with Crippen LogP contribution in [0, 0.1) is 11.6 Å². The zero-order valence-corrected chi connectivity index (χ0v) is 21.6. The van der Waals surface area contributed by atoms with Gasteiger partial charge in [0.15, 0.2) is 23.1 Å². The number of carbonyl (C=O) groups excluding carboxylic acids is 1. The number of hydrogen-bond donors (Lipinski definition) is 2. The van der Waals surface area contributed by atoms with E-state index in [1.54, 1.807) is 29.3 Å². The van der Waals surface area contributed by atoms with E-state index in [9.17, 15) is 13.6 Å². The molecule has 0 aliphatic carbocycles. The van der Waals surface area contributed by atoms with Gasteiger partial charge in [0.2, 0.25) is 0 Å². The first-order chi connectivity index (χ1) is 18.8. The maximum absolute atomic E-state index is 15.8. The number of hydrogen-bond acceptors (Lipinski definition) is 6. The molecule has 4 heterocycles. The fraction of sp³-hybridized carbons (Fsp3) is 0.393. The second kappa shape index (κ2) is 11.1. The molecular formula is C28H32F3N7O. The lowest BCUT2D eigenvalue weighted by molar-refractivity contribution is -0.148. The number of alkyl halides is 1. The number of imidazole rings is 1. The van der Waals surface area contributed by atoms with Gasteiger partial charge in [-0.1, -0.05) is 6.07 Å². The topological polar surface area (TPSA) is 106 Å². The van der Waals surface area contributed by atoms with E-state index < -0.39 is 23.2 Å². The van der Waals surface area contributed by atoms with E-state index in [2.05, 4.69) is 14.9 Å². The van der Waals surface area contributed by atoms with Crippen molar-refractivity contribution in [3.8, 4) is 11.5 Å². The van der Waals surface area contributed by atoms with Crippen molar-refractivity contribution in [2.75, 3.05) is 32.7 Å². The van der Waals surface area contributed by atoms with Gasteiger partial charge in [-0.15, -0.1) is 0 Å². The molecule has 0 unspecified atom stereocenters. The van der Waals surface area contributed by atoms with Crippen LogP contribution in [0.25, 0.3) is 22.6 Å². The zero-order chi connectivity index (χ0) is 27.6. The second-order valence-corrected chi connectivity index (χ2v) is 10.1. The molecule has 2 aliphatic heterocycles. The van der Waals surface area contributed by atoms with Gasteiger partial charge in [-0.2, -0.15) is 0 Å². The van der Waals surface area contributed by atoms with Gasteiger partial charge in [0.05, 0.1) is 11.0 Å². The average Bonchev–Trinajstić information content (AvgIpc) is 3.32. The van der Waals surface area contributed by atoms with Crippen LogP contribution in [-0.2, 0) is 4.79 Å². The number of nitrogens with two attached hydrogens (primary N) is 2. The fourth-order valence-electron chi connectivity index (χ4n) is 5.57. The highest BCUT2D eigenvalue weighted by molar-refractivity contribution is 5.85. The Morgan fingerprint density at radius 2 is 1.79 bits per heavy atom. The zero-order valence-electron chi connectivity index (χ0n) is 21.6. The lowest BCUT2D eigenvalue weighted by Crippen LogP contribution is -2.54. The third kappa shape index (κ3) is 5.36. The van der Waals surface area contributed by atoms with Gasteiger partial charge in [0.25, 0.3) is 5.91 Å².